The zero-order valence-electron chi connectivity index (χ0n) is 13.8. The van der Waals surface area contributed by atoms with Crippen molar-refractivity contribution in [1.29, 1.82) is 0 Å². The standard InChI is InChI=1S/C20H23NO2/c1-4-11-16(2)20(19(22)23-3,17-12-7-5-8-13-17)21-18-14-9-6-10-15-18/h4-16,21H,1-3H3/b11-4+/t16-,20+/m0/s1. The summed E-state index contributed by atoms with van der Waals surface area (Å²) in [5.74, 6) is -0.402. The molecule has 0 heterocycles. The zero-order chi connectivity index (χ0) is 16.7. The molecule has 0 aromatic heterocycles. The molecule has 0 aliphatic rings. The molecule has 0 bridgehead atoms. The highest BCUT2D eigenvalue weighted by molar-refractivity contribution is 5.87. The molecule has 3 heteroatoms. The van der Waals surface area contributed by atoms with Crippen LogP contribution in [0.15, 0.2) is 72.8 Å². The average molecular weight is 309 g/mol. The van der Waals surface area contributed by atoms with E-state index in [4.69, 9.17) is 4.74 Å². The monoisotopic (exact) mass is 309 g/mol. The molecule has 0 radical (unpaired) electrons. The van der Waals surface area contributed by atoms with Crippen molar-refractivity contribution in [3.8, 4) is 0 Å². The molecule has 2 aromatic carbocycles. The Kier molecular flexibility index (Phi) is 5.58. The number of benzene rings is 2. The number of ether oxygens (including phenoxy) is 1. The molecular weight excluding hydrogens is 286 g/mol. The van der Waals surface area contributed by atoms with Gasteiger partial charge in [-0.2, -0.15) is 0 Å². The molecule has 2 aromatic rings. The van der Waals surface area contributed by atoms with Gasteiger partial charge in [-0.15, -0.1) is 0 Å². The number of carbonyl (C=O) groups excluding carboxylic acids is 1. The van der Waals surface area contributed by atoms with Crippen LogP contribution in [-0.2, 0) is 15.1 Å². The zero-order valence-corrected chi connectivity index (χ0v) is 13.8. The third-order valence-electron chi connectivity index (χ3n) is 4.02. The van der Waals surface area contributed by atoms with Crippen LogP contribution in [0.25, 0.3) is 0 Å². The summed E-state index contributed by atoms with van der Waals surface area (Å²) in [6.45, 7) is 3.96. The fourth-order valence-electron chi connectivity index (χ4n) is 2.85. The number of hydrogen-bond donors (Lipinski definition) is 1. The minimum atomic E-state index is -0.982. The first-order valence-electron chi connectivity index (χ1n) is 7.75. The fourth-order valence-corrected chi connectivity index (χ4v) is 2.85. The van der Waals surface area contributed by atoms with Gasteiger partial charge in [-0.1, -0.05) is 67.6 Å². The third-order valence-corrected chi connectivity index (χ3v) is 4.02. The van der Waals surface area contributed by atoms with Gasteiger partial charge in [0, 0.05) is 11.6 Å². The van der Waals surface area contributed by atoms with Gasteiger partial charge in [0.1, 0.15) is 0 Å². The van der Waals surface area contributed by atoms with Crippen molar-refractivity contribution in [2.75, 3.05) is 12.4 Å². The van der Waals surface area contributed by atoms with Gasteiger partial charge in [-0.05, 0) is 24.6 Å². The summed E-state index contributed by atoms with van der Waals surface area (Å²) in [6.07, 6.45) is 3.97. The van der Waals surface area contributed by atoms with Crippen molar-refractivity contribution in [1.82, 2.24) is 0 Å². The summed E-state index contributed by atoms with van der Waals surface area (Å²) in [6, 6.07) is 19.4. The first kappa shape index (κ1) is 16.8. The first-order valence-corrected chi connectivity index (χ1v) is 7.75. The van der Waals surface area contributed by atoms with Crippen LogP contribution in [0.1, 0.15) is 19.4 Å². The van der Waals surface area contributed by atoms with Gasteiger partial charge < -0.3 is 10.1 Å². The van der Waals surface area contributed by atoms with Crippen molar-refractivity contribution >= 4 is 11.7 Å². The van der Waals surface area contributed by atoms with E-state index in [0.29, 0.717) is 0 Å². The number of carbonyl (C=O) groups is 1. The van der Waals surface area contributed by atoms with Crippen LogP contribution in [-0.4, -0.2) is 13.1 Å². The molecule has 2 atom stereocenters. The normalized spacial score (nSPS) is 14.9. The minimum Gasteiger partial charge on any atom is -0.467 e. The number of methoxy groups -OCH3 is 1. The minimum absolute atomic E-state index is 0.0949. The smallest absolute Gasteiger partial charge is 0.336 e. The SMILES string of the molecule is C/C=C/[C@H](C)[C@](Nc1ccccc1)(C(=O)OC)c1ccccc1. The summed E-state index contributed by atoms with van der Waals surface area (Å²) in [7, 11) is 1.43. The molecule has 0 aliphatic heterocycles. The molecule has 2 rings (SSSR count). The van der Waals surface area contributed by atoms with Gasteiger partial charge in [0.15, 0.2) is 5.54 Å². The molecule has 0 saturated heterocycles. The molecule has 0 spiro atoms. The topological polar surface area (TPSA) is 38.3 Å². The number of nitrogens with one attached hydrogen (secondary N) is 1. The predicted molar refractivity (Wildman–Crippen MR) is 94.2 cm³/mol. The van der Waals surface area contributed by atoms with E-state index in [9.17, 15) is 4.79 Å². The second-order valence-electron chi connectivity index (χ2n) is 5.47. The number of para-hydroxylation sites is 1. The van der Waals surface area contributed by atoms with Gasteiger partial charge in [0.05, 0.1) is 7.11 Å². The number of rotatable bonds is 6. The number of allylic oxidation sites excluding steroid dienone is 1. The van der Waals surface area contributed by atoms with Crippen LogP contribution < -0.4 is 5.32 Å². The summed E-state index contributed by atoms with van der Waals surface area (Å²) < 4.78 is 5.17. The summed E-state index contributed by atoms with van der Waals surface area (Å²) in [5, 5.41) is 3.42. The molecular formula is C20H23NO2. The average Bonchev–Trinajstić information content (AvgIpc) is 2.60. The second kappa shape index (κ2) is 7.63. The van der Waals surface area contributed by atoms with Crippen molar-refractivity contribution in [2.45, 2.75) is 19.4 Å². The van der Waals surface area contributed by atoms with Gasteiger partial charge in [-0.25, -0.2) is 4.79 Å². The molecule has 1 N–H and O–H groups in total. The van der Waals surface area contributed by atoms with Crippen LogP contribution >= 0.6 is 0 Å². The maximum atomic E-state index is 12.8. The highest BCUT2D eigenvalue weighted by Crippen LogP contribution is 2.36. The Balaban J connectivity index is 2.61. The third kappa shape index (κ3) is 3.45. The van der Waals surface area contributed by atoms with Crippen LogP contribution in [0, 0.1) is 5.92 Å². The first-order chi connectivity index (χ1) is 11.1. The highest BCUT2D eigenvalue weighted by atomic mass is 16.5. The lowest BCUT2D eigenvalue weighted by atomic mass is 9.78. The van der Waals surface area contributed by atoms with E-state index in [1.54, 1.807) is 0 Å². The van der Waals surface area contributed by atoms with Crippen molar-refractivity contribution in [2.24, 2.45) is 5.92 Å². The molecule has 3 nitrogen and oxygen atoms in total. The van der Waals surface area contributed by atoms with E-state index >= 15 is 0 Å². The quantitative estimate of drug-likeness (QED) is 0.635. The van der Waals surface area contributed by atoms with E-state index < -0.39 is 5.54 Å². The maximum Gasteiger partial charge on any atom is 0.336 e. The Morgan fingerprint density at radius 2 is 1.65 bits per heavy atom. The Hall–Kier alpha value is -2.55. The predicted octanol–water partition coefficient (Wildman–Crippen LogP) is 4.38. The number of hydrogen-bond acceptors (Lipinski definition) is 3. The van der Waals surface area contributed by atoms with Crippen molar-refractivity contribution < 1.29 is 9.53 Å². The van der Waals surface area contributed by atoms with E-state index in [1.165, 1.54) is 7.11 Å². The summed E-state index contributed by atoms with van der Waals surface area (Å²) in [5.41, 5.74) is 0.767. The van der Waals surface area contributed by atoms with Gasteiger partial charge in [0.25, 0.3) is 0 Å². The van der Waals surface area contributed by atoms with Crippen molar-refractivity contribution in [3.63, 3.8) is 0 Å². The van der Waals surface area contributed by atoms with E-state index in [-0.39, 0.29) is 11.9 Å². The van der Waals surface area contributed by atoms with Crippen LogP contribution in [0.5, 0.6) is 0 Å². The number of anilines is 1. The van der Waals surface area contributed by atoms with E-state index in [0.717, 1.165) is 11.3 Å². The van der Waals surface area contributed by atoms with E-state index in [1.807, 2.05) is 86.7 Å². The molecule has 0 unspecified atom stereocenters. The van der Waals surface area contributed by atoms with Gasteiger partial charge in [-0.3, -0.25) is 0 Å². The van der Waals surface area contributed by atoms with Crippen LogP contribution in [0.4, 0.5) is 5.69 Å². The Morgan fingerprint density at radius 1 is 1.09 bits per heavy atom. The lowest BCUT2D eigenvalue weighted by Gasteiger charge is -2.37. The lowest BCUT2D eigenvalue weighted by molar-refractivity contribution is -0.147. The molecule has 120 valence electrons. The lowest BCUT2D eigenvalue weighted by Crippen LogP contribution is -2.49. The Morgan fingerprint density at radius 3 is 2.17 bits per heavy atom. The molecule has 0 saturated carbocycles. The largest absolute Gasteiger partial charge is 0.467 e. The molecule has 0 amide bonds. The number of esters is 1. The van der Waals surface area contributed by atoms with Gasteiger partial charge >= 0.3 is 5.97 Å². The molecule has 0 fully saturated rings. The fraction of sp³-hybridized carbons (Fsp3) is 0.250. The Labute approximate surface area is 138 Å². The second-order valence-corrected chi connectivity index (χ2v) is 5.47. The highest BCUT2D eigenvalue weighted by Gasteiger charge is 2.45. The van der Waals surface area contributed by atoms with Gasteiger partial charge in [0.2, 0.25) is 0 Å². The summed E-state index contributed by atoms with van der Waals surface area (Å²) >= 11 is 0. The summed E-state index contributed by atoms with van der Waals surface area (Å²) in [4.78, 5) is 12.8. The van der Waals surface area contributed by atoms with Crippen LogP contribution in [0.2, 0.25) is 0 Å². The molecule has 0 aliphatic carbocycles. The van der Waals surface area contributed by atoms with E-state index in [2.05, 4.69) is 5.32 Å². The van der Waals surface area contributed by atoms with Crippen molar-refractivity contribution in [3.05, 3.63) is 78.4 Å². The Bertz CT molecular complexity index is 652. The maximum absolute atomic E-state index is 12.8. The van der Waals surface area contributed by atoms with Crippen LogP contribution in [0.3, 0.4) is 0 Å². The molecule has 23 heavy (non-hydrogen) atoms.